The van der Waals surface area contributed by atoms with Gasteiger partial charge in [0.15, 0.2) is 11.6 Å². The van der Waals surface area contributed by atoms with E-state index >= 15 is 0 Å². The molecule has 8 heterocycles. The molecule has 8 bridgehead atoms. The van der Waals surface area contributed by atoms with E-state index in [1.807, 2.05) is 18.2 Å². The molecule has 16 atom stereocenters. The van der Waals surface area contributed by atoms with Gasteiger partial charge < -0.3 is 61.4 Å². The highest BCUT2D eigenvalue weighted by Crippen LogP contribution is 2.67. The minimum absolute atomic E-state index is 0.00379. The molecule has 8 saturated carbocycles. The number of hydrogen-bond acceptors (Lipinski definition) is 18. The van der Waals surface area contributed by atoms with Crippen molar-refractivity contribution >= 4 is 35.2 Å². The lowest BCUT2D eigenvalue weighted by atomic mass is 9.46. The molecule has 8 saturated heterocycles. The number of hydrogen-bond donors (Lipinski definition) is 10. The van der Waals surface area contributed by atoms with E-state index in [4.69, 9.17) is 9.47 Å². The largest absolute Gasteiger partial charge is 0.508 e. The number of fused-ring (bicyclic) bond motifs is 4. The number of aromatic hydroxyl groups is 2. The van der Waals surface area contributed by atoms with Crippen LogP contribution in [0.25, 0.3) is 0 Å². The molecule has 0 radical (unpaired) electrons. The standard InChI is InChI=1S/C24H30N2O4.C24H32N2O3.C23H28N2O4.C23H30N2O3/c1-30-17-5-4-16-10-19-24(29)7-6-23(20(27)12-21(28)25-23)14-22(24,18(16)11-17)8-9-26(19)13-15-2-3-15;1-29-18-5-4-17-12-20-24(28)9-8-22(7-6-21(27)25-22)15-23(24,19(17)13-18)10-11-26(20)14-16-2-3-16;26-16-4-3-15-9-18-23(29)6-5-22(19(27)11-20(28)24-22)13-21(23,17(15)10-16)7-8-25(18)12-14-1-2-14;26-17-4-3-16-11-19-23(28)8-7-21(6-5-20(27)24-21)14-22(23,18(16)12-17)9-10-25(19)13-15-1-2-15/h4-5,11,15,19,29H,2-3,6-10,12-14H2,1H3,(H,25,28);4-5,13,16,20,28H,2-3,6-12,14-15H2,1H3,(H,25,27);3-4,10,14,18,26,29H,1-2,5-9,11-13H2,(H,24,28);3-4,12,15,19,26,28H,1-2,5-11,13-14H2,(H,24,27)/t19-,22-,23+,24-;20-,22+,23-,24-;18-,21-,22+,23-;19-,21+,22-,23-/m1111/s1. The van der Waals surface area contributed by atoms with Crippen molar-refractivity contribution in [3.8, 4) is 23.0 Å². The van der Waals surface area contributed by atoms with Gasteiger partial charge >= 0.3 is 0 Å². The zero-order valence-electron chi connectivity index (χ0n) is 68.0. The van der Waals surface area contributed by atoms with Gasteiger partial charge in [-0.2, -0.15) is 0 Å². The topological polar surface area (TPSA) is 303 Å². The van der Waals surface area contributed by atoms with Crippen molar-refractivity contribution in [3.05, 3.63) is 117 Å². The third-order valence-corrected chi connectivity index (χ3v) is 35.1. The molecule has 24 rings (SSSR count). The highest BCUT2D eigenvalue weighted by molar-refractivity contribution is 6.11. The summed E-state index contributed by atoms with van der Waals surface area (Å²) in [5.41, 5.74) is 2.37. The SMILES string of the molecule is COc1ccc2c(c1)[C@]13CCN(CC4CC4)[C@H](C2)[C@]1(O)CC[C@@]1(C3)NC(=O)CC1=O.COc1ccc2c(c1)[C@]13CCN(CC4CC4)[C@H](C2)[C@]1(O)CC[C@@]1(CCC(=O)N1)C3.O=C1CC(=O)[C@@]2(CC[C@@]3(O)[C@H]4Cc5ccc(O)cc5[C@@]3(CCN4CC3CC3)C2)N1.O=C1CC[C@@]2(CC[C@@]3(O)[C@H]4Cc5ccc(O)cc5[C@@]3(CCN4CC3CC3)C2)N1. The number of nitrogens with one attached hydrogen (secondary N) is 4. The van der Waals surface area contributed by atoms with Crippen LogP contribution in [0.5, 0.6) is 23.0 Å². The average Bonchev–Trinajstić information content (AvgIpc) is 1.02. The van der Waals surface area contributed by atoms with E-state index in [2.05, 4.69) is 77.3 Å². The number of ether oxygens (including phenoxy) is 2. The van der Waals surface area contributed by atoms with Gasteiger partial charge in [-0.3, -0.25) is 48.4 Å². The number of rotatable bonds is 10. The monoisotopic (exact) mass is 1580 g/mol. The smallest absolute Gasteiger partial charge is 0.228 e. The van der Waals surface area contributed by atoms with Crippen LogP contribution >= 0.6 is 0 Å². The molecule has 22 nitrogen and oxygen atoms in total. The van der Waals surface area contributed by atoms with Crippen molar-refractivity contribution in [2.24, 2.45) is 23.7 Å². The van der Waals surface area contributed by atoms with Gasteiger partial charge in [0.1, 0.15) is 34.1 Å². The van der Waals surface area contributed by atoms with Gasteiger partial charge in [0.2, 0.25) is 23.6 Å². The number of nitrogens with zero attached hydrogens (tertiary/aromatic N) is 4. The Hall–Kier alpha value is -7.02. The number of ketones is 2. The summed E-state index contributed by atoms with van der Waals surface area (Å²) in [6, 6.07) is 24.4. The van der Waals surface area contributed by atoms with E-state index in [0.717, 1.165) is 213 Å². The number of phenols is 2. The van der Waals surface area contributed by atoms with Crippen LogP contribution in [0.3, 0.4) is 0 Å². The highest BCUT2D eigenvalue weighted by Gasteiger charge is 2.74. The minimum atomic E-state index is -0.945. The van der Waals surface area contributed by atoms with Crippen molar-refractivity contribution in [1.82, 2.24) is 40.9 Å². The lowest BCUT2D eigenvalue weighted by Gasteiger charge is -2.66. The summed E-state index contributed by atoms with van der Waals surface area (Å²) < 4.78 is 11.1. The molecule has 116 heavy (non-hydrogen) atoms. The van der Waals surface area contributed by atoms with Crippen molar-refractivity contribution < 1.29 is 68.9 Å². The summed E-state index contributed by atoms with van der Waals surface area (Å²) >= 11 is 0. The molecular formula is C94H120N8O14. The molecule has 4 amide bonds. The fourth-order valence-corrected chi connectivity index (χ4v) is 28.6. The summed E-state index contributed by atoms with van der Waals surface area (Å²) in [5, 5.41) is 82.5. The van der Waals surface area contributed by atoms with E-state index in [9.17, 15) is 59.4 Å². The van der Waals surface area contributed by atoms with Crippen LogP contribution in [0.4, 0.5) is 0 Å². The van der Waals surface area contributed by atoms with Crippen LogP contribution in [-0.4, -0.2) is 221 Å². The number of carbonyl (C=O) groups excluding carboxylic acids is 6. The van der Waals surface area contributed by atoms with E-state index in [1.165, 1.54) is 73.6 Å². The van der Waals surface area contributed by atoms with Gasteiger partial charge in [0.05, 0.1) is 49.5 Å². The predicted octanol–water partition coefficient (Wildman–Crippen LogP) is 7.90. The maximum absolute atomic E-state index is 13.0. The Balaban J connectivity index is 0.0000000967. The van der Waals surface area contributed by atoms with Crippen molar-refractivity contribution in [2.75, 3.05) is 66.6 Å². The quantitative estimate of drug-likeness (QED) is 0.0675. The number of amides is 4. The number of benzene rings is 4. The van der Waals surface area contributed by atoms with E-state index in [0.29, 0.717) is 51.4 Å². The number of piperidine rings is 4. The van der Waals surface area contributed by atoms with Gasteiger partial charge in [0, 0.05) is 95.9 Å². The van der Waals surface area contributed by atoms with Gasteiger partial charge in [-0.25, -0.2) is 0 Å². The maximum Gasteiger partial charge on any atom is 0.228 e. The number of likely N-dealkylation sites (tertiary alicyclic amines) is 4. The number of aliphatic hydroxyl groups is 4. The van der Waals surface area contributed by atoms with E-state index in [-0.39, 0.29) is 106 Å². The second-order valence-electron chi connectivity index (χ2n) is 41.2. The average molecular weight is 1590 g/mol. The lowest BCUT2D eigenvalue weighted by molar-refractivity contribution is -0.181. The second-order valence-corrected chi connectivity index (χ2v) is 41.2. The van der Waals surface area contributed by atoms with Crippen LogP contribution in [0.15, 0.2) is 72.8 Å². The van der Waals surface area contributed by atoms with Crippen LogP contribution in [-0.2, 0) is 76.1 Å². The Morgan fingerprint density at radius 3 is 0.940 bits per heavy atom. The predicted molar refractivity (Wildman–Crippen MR) is 431 cm³/mol. The molecule has 16 fully saturated rings. The molecule has 12 aliphatic carbocycles. The molecule has 10 N–H and O–H groups in total. The normalized spacial score (nSPS) is 41.1. The molecule has 4 spiro atoms. The number of methoxy groups -OCH3 is 2. The van der Waals surface area contributed by atoms with Crippen LogP contribution in [0.2, 0.25) is 0 Å². The summed E-state index contributed by atoms with van der Waals surface area (Å²) in [5.74, 6) is 5.19. The van der Waals surface area contributed by atoms with Crippen LogP contribution in [0, 0.1) is 23.7 Å². The first-order valence-corrected chi connectivity index (χ1v) is 44.8. The van der Waals surface area contributed by atoms with Gasteiger partial charge in [-0.05, 0) is 336 Å². The summed E-state index contributed by atoms with van der Waals surface area (Å²) in [4.78, 5) is 84.5. The van der Waals surface area contributed by atoms with Crippen molar-refractivity contribution in [2.45, 2.75) is 309 Å². The first kappa shape index (κ1) is 76.4. The minimum Gasteiger partial charge on any atom is -0.508 e. The Labute approximate surface area is 680 Å². The van der Waals surface area contributed by atoms with Gasteiger partial charge in [-0.15, -0.1) is 0 Å². The first-order chi connectivity index (χ1) is 55.6. The van der Waals surface area contributed by atoms with E-state index < -0.39 is 44.3 Å². The first-order valence-electron chi connectivity index (χ1n) is 44.8. The maximum atomic E-state index is 13.0. The zero-order valence-corrected chi connectivity index (χ0v) is 68.0. The summed E-state index contributed by atoms with van der Waals surface area (Å²) in [6.07, 6.45) is 28.1. The number of carbonyl (C=O) groups is 6. The van der Waals surface area contributed by atoms with Gasteiger partial charge in [-0.1, -0.05) is 24.3 Å². The Morgan fingerprint density at radius 1 is 0.353 bits per heavy atom. The van der Waals surface area contributed by atoms with Crippen LogP contribution < -0.4 is 30.7 Å². The summed E-state index contributed by atoms with van der Waals surface area (Å²) in [6.45, 7) is 8.21. The van der Waals surface area contributed by atoms with Gasteiger partial charge in [0.25, 0.3) is 0 Å². The number of Topliss-reactive ketones (excluding diaryl/α,β-unsaturated/α-hetero) is 2. The Morgan fingerprint density at radius 2 is 0.655 bits per heavy atom. The molecule has 0 unspecified atom stereocenters. The van der Waals surface area contributed by atoms with E-state index in [1.54, 1.807) is 32.4 Å². The molecule has 22 heteroatoms. The molecular weight excluding hydrogens is 1470 g/mol. The fraction of sp³-hybridized carbons (Fsp3) is 0.681. The Bertz CT molecular complexity index is 4750. The third-order valence-electron chi connectivity index (χ3n) is 35.1. The van der Waals surface area contributed by atoms with Crippen LogP contribution in [0.1, 0.15) is 237 Å². The molecule has 20 aliphatic rings. The Kier molecular flexibility index (Phi) is 17.6. The highest BCUT2D eigenvalue weighted by atomic mass is 16.5. The fourth-order valence-electron chi connectivity index (χ4n) is 28.6. The third kappa shape index (κ3) is 11.7. The molecule has 4 aromatic carbocycles. The molecule has 4 aromatic rings. The number of phenolic OH excluding ortho intramolecular Hbond substituents is 2. The molecule has 0 aromatic heterocycles. The summed E-state index contributed by atoms with van der Waals surface area (Å²) in [7, 11) is 3.38. The molecule has 8 aliphatic heterocycles. The second kappa shape index (κ2) is 26.7. The van der Waals surface area contributed by atoms with Crippen molar-refractivity contribution in [3.63, 3.8) is 0 Å². The zero-order chi connectivity index (χ0) is 79.7. The lowest BCUT2D eigenvalue weighted by Crippen LogP contribution is -2.76. The molecule has 620 valence electrons. The van der Waals surface area contributed by atoms with Crippen molar-refractivity contribution in [1.29, 1.82) is 0 Å².